The Labute approximate surface area is 209 Å². The Hall–Kier alpha value is -2.80. The molecule has 2 atom stereocenters. The van der Waals surface area contributed by atoms with Crippen LogP contribution in [0.15, 0.2) is 54.7 Å². The molecule has 0 aliphatic carbocycles. The largest absolute Gasteiger partial charge is 0.482 e. The van der Waals surface area contributed by atoms with Gasteiger partial charge >= 0.3 is 0 Å². The lowest BCUT2D eigenvalue weighted by Crippen LogP contribution is -2.26. The summed E-state index contributed by atoms with van der Waals surface area (Å²) in [4.78, 5) is 17.0. The zero-order valence-corrected chi connectivity index (χ0v) is 20.5. The highest BCUT2D eigenvalue weighted by Crippen LogP contribution is 2.35. The van der Waals surface area contributed by atoms with Gasteiger partial charge in [0.05, 0.1) is 0 Å². The molecule has 1 saturated heterocycles. The number of hydrogen-bond acceptors (Lipinski definition) is 5. The van der Waals surface area contributed by atoms with E-state index in [-0.39, 0.29) is 11.7 Å². The molecule has 8 heteroatoms. The van der Waals surface area contributed by atoms with Crippen molar-refractivity contribution in [3.8, 4) is 16.9 Å². The molecule has 1 aliphatic heterocycles. The van der Waals surface area contributed by atoms with Gasteiger partial charge in [-0.15, -0.1) is 0 Å². The van der Waals surface area contributed by atoms with E-state index in [0.29, 0.717) is 39.4 Å². The third-order valence-corrected chi connectivity index (χ3v) is 6.71. The molecular formula is C26H28Cl2N4O2. The van der Waals surface area contributed by atoms with Crippen molar-refractivity contribution in [1.82, 2.24) is 15.6 Å². The molecule has 2 heterocycles. The molecule has 0 radical (unpaired) electrons. The lowest BCUT2D eigenvalue weighted by molar-refractivity contribution is 0.0951. The second kappa shape index (κ2) is 11.1. The van der Waals surface area contributed by atoms with E-state index in [0.717, 1.165) is 30.6 Å². The summed E-state index contributed by atoms with van der Waals surface area (Å²) in [7, 11) is 0. The third kappa shape index (κ3) is 5.81. The molecule has 1 fully saturated rings. The summed E-state index contributed by atoms with van der Waals surface area (Å²) >= 11 is 12.7. The average molecular weight is 499 g/mol. The van der Waals surface area contributed by atoms with Gasteiger partial charge in [0.1, 0.15) is 6.10 Å². The maximum Gasteiger partial charge on any atom is 0.251 e. The van der Waals surface area contributed by atoms with Crippen molar-refractivity contribution in [3.63, 3.8) is 0 Å². The Morgan fingerprint density at radius 3 is 2.71 bits per heavy atom. The molecule has 2 aromatic carbocycles. The topological polar surface area (TPSA) is 89.3 Å². The molecule has 34 heavy (non-hydrogen) atoms. The minimum absolute atomic E-state index is 0.0883. The number of ether oxygens (including phenoxy) is 1. The molecule has 0 bridgehead atoms. The van der Waals surface area contributed by atoms with Gasteiger partial charge in [-0.1, -0.05) is 41.4 Å². The van der Waals surface area contributed by atoms with Crippen molar-refractivity contribution in [2.24, 2.45) is 5.92 Å². The smallest absolute Gasteiger partial charge is 0.251 e. The SMILES string of the molecule is CC(Oc1cc(-c2cccc(C(=O)NCCC3CCNC3)c2)cnc1N)c1c(Cl)cccc1Cl. The zero-order chi connectivity index (χ0) is 24.1. The quantitative estimate of drug-likeness (QED) is 0.381. The number of nitrogen functional groups attached to an aromatic ring is 1. The number of carbonyl (C=O) groups is 1. The predicted octanol–water partition coefficient (Wildman–Crippen LogP) is 5.51. The Morgan fingerprint density at radius 2 is 1.97 bits per heavy atom. The Kier molecular flexibility index (Phi) is 7.93. The fourth-order valence-corrected chi connectivity index (χ4v) is 4.85. The predicted molar refractivity (Wildman–Crippen MR) is 138 cm³/mol. The lowest BCUT2D eigenvalue weighted by Gasteiger charge is -2.19. The highest BCUT2D eigenvalue weighted by molar-refractivity contribution is 6.36. The van der Waals surface area contributed by atoms with E-state index in [2.05, 4.69) is 15.6 Å². The molecule has 1 aromatic heterocycles. The van der Waals surface area contributed by atoms with Crippen LogP contribution >= 0.6 is 23.2 Å². The summed E-state index contributed by atoms with van der Waals surface area (Å²) < 4.78 is 6.09. The van der Waals surface area contributed by atoms with Gasteiger partial charge in [0.25, 0.3) is 5.91 Å². The summed E-state index contributed by atoms with van der Waals surface area (Å²) in [5.74, 6) is 1.22. The highest BCUT2D eigenvalue weighted by atomic mass is 35.5. The molecular weight excluding hydrogens is 471 g/mol. The van der Waals surface area contributed by atoms with Gasteiger partial charge in [-0.3, -0.25) is 4.79 Å². The number of halogens is 2. The first-order valence-electron chi connectivity index (χ1n) is 11.4. The first kappa shape index (κ1) is 24.3. The standard InChI is InChI=1S/C26H28Cl2N4O2/c1-16(24-21(27)6-3-7-22(24)28)34-23-13-20(15-32-25(23)29)18-4-2-5-19(12-18)26(33)31-11-9-17-8-10-30-14-17/h2-7,12-13,15-17,30H,8-11,14H2,1H3,(H2,29,32)(H,31,33). The molecule has 0 saturated carbocycles. The normalized spacial score (nSPS) is 16.3. The Bertz CT molecular complexity index is 1150. The van der Waals surface area contributed by atoms with E-state index in [9.17, 15) is 4.79 Å². The molecule has 178 valence electrons. The monoisotopic (exact) mass is 498 g/mol. The molecule has 0 spiro atoms. The number of nitrogens with one attached hydrogen (secondary N) is 2. The van der Waals surface area contributed by atoms with Gasteiger partial charge in [0.15, 0.2) is 11.6 Å². The van der Waals surface area contributed by atoms with Crippen molar-refractivity contribution in [2.45, 2.75) is 25.9 Å². The second-order valence-electron chi connectivity index (χ2n) is 8.49. The molecule has 6 nitrogen and oxygen atoms in total. The molecule has 2 unspecified atom stereocenters. The first-order valence-corrected chi connectivity index (χ1v) is 12.1. The van der Waals surface area contributed by atoms with Crippen molar-refractivity contribution < 1.29 is 9.53 Å². The minimum Gasteiger partial charge on any atom is -0.482 e. The number of pyridine rings is 1. The fraction of sp³-hybridized carbons (Fsp3) is 0.308. The van der Waals surface area contributed by atoms with E-state index >= 15 is 0 Å². The van der Waals surface area contributed by atoms with Gasteiger partial charge < -0.3 is 21.1 Å². The maximum absolute atomic E-state index is 12.7. The van der Waals surface area contributed by atoms with E-state index in [1.165, 1.54) is 6.42 Å². The van der Waals surface area contributed by atoms with Gasteiger partial charge in [-0.25, -0.2) is 4.98 Å². The number of carbonyl (C=O) groups excluding carboxylic acids is 1. The first-order chi connectivity index (χ1) is 16.4. The van der Waals surface area contributed by atoms with Crippen LogP contribution in [0.3, 0.4) is 0 Å². The summed E-state index contributed by atoms with van der Waals surface area (Å²) in [5, 5.41) is 7.42. The lowest BCUT2D eigenvalue weighted by atomic mass is 10.0. The van der Waals surface area contributed by atoms with Crippen molar-refractivity contribution in [3.05, 3.63) is 75.9 Å². The van der Waals surface area contributed by atoms with Crippen LogP contribution in [-0.2, 0) is 0 Å². The van der Waals surface area contributed by atoms with Crippen LogP contribution in [0.4, 0.5) is 5.82 Å². The Balaban J connectivity index is 1.48. The Morgan fingerprint density at radius 1 is 1.21 bits per heavy atom. The third-order valence-electron chi connectivity index (χ3n) is 6.05. The number of rotatable bonds is 8. The number of benzene rings is 2. The zero-order valence-electron chi connectivity index (χ0n) is 19.0. The number of aromatic nitrogens is 1. The van der Waals surface area contributed by atoms with Crippen molar-refractivity contribution >= 4 is 34.9 Å². The molecule has 1 aliphatic rings. The molecule has 4 rings (SSSR count). The van der Waals surface area contributed by atoms with Crippen LogP contribution in [0.5, 0.6) is 5.75 Å². The van der Waals surface area contributed by atoms with Crippen molar-refractivity contribution in [1.29, 1.82) is 0 Å². The highest BCUT2D eigenvalue weighted by Gasteiger charge is 2.18. The number of nitrogens with two attached hydrogens (primary N) is 1. The van der Waals surface area contributed by atoms with E-state index in [1.54, 1.807) is 30.5 Å². The van der Waals surface area contributed by atoms with E-state index in [1.807, 2.05) is 31.2 Å². The molecule has 3 aromatic rings. The van der Waals surface area contributed by atoms with Gasteiger partial charge in [0.2, 0.25) is 0 Å². The van der Waals surface area contributed by atoms with Gasteiger partial charge in [-0.05, 0) is 74.7 Å². The summed E-state index contributed by atoms with van der Waals surface area (Å²) in [6, 6.07) is 14.6. The summed E-state index contributed by atoms with van der Waals surface area (Å²) in [6.45, 7) is 4.61. The van der Waals surface area contributed by atoms with Crippen LogP contribution in [0, 0.1) is 5.92 Å². The van der Waals surface area contributed by atoms with Crippen LogP contribution in [0.2, 0.25) is 10.0 Å². The number of hydrogen-bond donors (Lipinski definition) is 3. The molecule has 1 amide bonds. The summed E-state index contributed by atoms with van der Waals surface area (Å²) in [6.07, 6.45) is 3.38. The van der Waals surface area contributed by atoms with Crippen LogP contribution in [0.1, 0.15) is 41.8 Å². The average Bonchev–Trinajstić information content (AvgIpc) is 3.34. The van der Waals surface area contributed by atoms with E-state index < -0.39 is 6.10 Å². The second-order valence-corrected chi connectivity index (χ2v) is 9.30. The minimum atomic E-state index is -0.437. The van der Waals surface area contributed by atoms with Gasteiger partial charge in [-0.2, -0.15) is 0 Å². The fourth-order valence-electron chi connectivity index (χ4n) is 4.15. The van der Waals surface area contributed by atoms with Crippen molar-refractivity contribution in [2.75, 3.05) is 25.4 Å². The van der Waals surface area contributed by atoms with Crippen LogP contribution in [0.25, 0.3) is 11.1 Å². The van der Waals surface area contributed by atoms with E-state index in [4.69, 9.17) is 33.7 Å². The van der Waals surface area contributed by atoms with Crippen LogP contribution < -0.4 is 21.1 Å². The summed E-state index contributed by atoms with van der Waals surface area (Å²) in [5.41, 5.74) is 8.99. The maximum atomic E-state index is 12.7. The number of nitrogens with zero attached hydrogens (tertiary/aromatic N) is 1. The van der Waals surface area contributed by atoms with Crippen LogP contribution in [-0.4, -0.2) is 30.5 Å². The van der Waals surface area contributed by atoms with Gasteiger partial charge in [0, 0.05) is 39.5 Å². The molecule has 4 N–H and O–H groups in total. The number of amides is 1. The number of anilines is 1.